The lowest BCUT2D eigenvalue weighted by molar-refractivity contribution is -0.141. The second-order valence-corrected chi connectivity index (χ2v) is 11.6. The van der Waals surface area contributed by atoms with Gasteiger partial charge < -0.3 is 19.9 Å². The molecule has 0 radical (unpaired) electrons. The van der Waals surface area contributed by atoms with Crippen LogP contribution in [0.5, 0.6) is 11.5 Å². The van der Waals surface area contributed by atoms with Crippen molar-refractivity contribution in [3.05, 3.63) is 98.5 Å². The summed E-state index contributed by atoms with van der Waals surface area (Å²) in [5, 5.41) is 1.11. The fourth-order valence-corrected chi connectivity index (χ4v) is 5.71. The fraction of sp³-hybridized carbons (Fsp3) is 0.333. The van der Waals surface area contributed by atoms with E-state index in [1.807, 2.05) is 73.3 Å². The lowest BCUT2D eigenvalue weighted by Crippen LogP contribution is -2.50. The number of rotatable bonds is 11. The molecule has 2 aliphatic rings. The molecule has 0 bridgehead atoms. The molecule has 0 aromatic heterocycles. The molecule has 42 heavy (non-hydrogen) atoms. The molecule has 1 heterocycles. The lowest BCUT2D eigenvalue weighted by atomic mass is 9.92. The molecule has 3 aromatic carbocycles. The molecule has 1 amide bonds. The van der Waals surface area contributed by atoms with Crippen LogP contribution in [-0.4, -0.2) is 48.6 Å². The van der Waals surface area contributed by atoms with E-state index >= 15 is 0 Å². The third kappa shape index (κ3) is 6.59. The second-order valence-electron chi connectivity index (χ2n) is 10.8. The van der Waals surface area contributed by atoms with E-state index < -0.39 is 11.5 Å². The topological polar surface area (TPSA) is 91.1 Å². The Morgan fingerprint density at radius 1 is 0.929 bits per heavy atom. The van der Waals surface area contributed by atoms with Gasteiger partial charge in [0.2, 0.25) is 5.91 Å². The molecule has 0 atom stereocenters. The van der Waals surface area contributed by atoms with E-state index in [1.54, 1.807) is 6.07 Å². The summed E-state index contributed by atoms with van der Waals surface area (Å²) in [5.74, 6) is 0.535. The van der Waals surface area contributed by atoms with Crippen LogP contribution in [-0.2, 0) is 20.9 Å². The Hall–Kier alpha value is -3.52. The third-order valence-corrected chi connectivity index (χ3v) is 8.72. The van der Waals surface area contributed by atoms with Gasteiger partial charge in [-0.2, -0.15) is 0 Å². The van der Waals surface area contributed by atoms with Crippen LogP contribution in [0.1, 0.15) is 41.5 Å². The van der Waals surface area contributed by atoms with E-state index in [0.29, 0.717) is 66.1 Å². The number of aryl methyl sites for hydroxylation is 2. The maximum atomic E-state index is 13.4. The predicted molar refractivity (Wildman–Crippen MR) is 164 cm³/mol. The largest absolute Gasteiger partial charge is 0.490 e. The number of carbonyl (C=O) groups is 2. The SMILES string of the molecule is Cc1cc(Cl)c(OCCOc2ccc(C3=C(C(=O)OCc4ccccc4Cl)CN(C4(C(N)=O)CC4)CC3)cc2)cc1C. The first kappa shape index (κ1) is 30.0. The zero-order chi connectivity index (χ0) is 29.9. The van der Waals surface area contributed by atoms with Crippen molar-refractivity contribution < 1.29 is 23.8 Å². The molecule has 1 aliphatic heterocycles. The standard InChI is InChI=1S/C33H34Cl2N2O5/c1-21-17-29(35)30(18-22(21)2)41-16-15-40-25-9-7-23(8-10-25)26-11-14-37(33(12-13-33)32(36)39)19-27(26)31(38)42-20-24-5-3-4-6-28(24)34/h3-10,17-18H,11-16,19-20H2,1-2H3,(H2,36,39). The summed E-state index contributed by atoms with van der Waals surface area (Å²) in [4.78, 5) is 27.7. The first-order valence-corrected chi connectivity index (χ1v) is 14.7. The minimum atomic E-state index is -0.679. The van der Waals surface area contributed by atoms with Crippen molar-refractivity contribution in [2.75, 3.05) is 26.3 Å². The monoisotopic (exact) mass is 608 g/mol. The highest BCUT2D eigenvalue weighted by molar-refractivity contribution is 6.32. The van der Waals surface area contributed by atoms with E-state index in [-0.39, 0.29) is 19.1 Å². The van der Waals surface area contributed by atoms with Crippen molar-refractivity contribution in [3.8, 4) is 11.5 Å². The number of nitrogens with zero attached hydrogens (tertiary/aromatic N) is 1. The summed E-state index contributed by atoms with van der Waals surface area (Å²) >= 11 is 12.6. The van der Waals surface area contributed by atoms with Gasteiger partial charge in [-0.25, -0.2) is 4.79 Å². The molecule has 5 rings (SSSR count). The first-order valence-electron chi connectivity index (χ1n) is 14.0. The normalized spacial score (nSPS) is 16.2. The second kappa shape index (κ2) is 12.8. The number of carbonyl (C=O) groups excluding carboxylic acids is 2. The van der Waals surface area contributed by atoms with Gasteiger partial charge >= 0.3 is 5.97 Å². The molecule has 0 unspecified atom stereocenters. The van der Waals surface area contributed by atoms with Crippen molar-refractivity contribution in [1.82, 2.24) is 4.90 Å². The minimum absolute atomic E-state index is 0.0540. The van der Waals surface area contributed by atoms with Crippen molar-refractivity contribution in [1.29, 1.82) is 0 Å². The number of halogens is 2. The molecule has 1 saturated carbocycles. The van der Waals surface area contributed by atoms with E-state index in [1.165, 1.54) is 0 Å². The van der Waals surface area contributed by atoms with Gasteiger partial charge in [0.15, 0.2) is 0 Å². The Morgan fingerprint density at radius 3 is 2.31 bits per heavy atom. The molecule has 7 nitrogen and oxygen atoms in total. The Bertz CT molecular complexity index is 1520. The zero-order valence-electron chi connectivity index (χ0n) is 23.8. The Morgan fingerprint density at radius 2 is 1.62 bits per heavy atom. The maximum Gasteiger partial charge on any atom is 0.335 e. The Balaban J connectivity index is 1.27. The van der Waals surface area contributed by atoms with E-state index in [4.69, 9.17) is 43.1 Å². The number of ether oxygens (including phenoxy) is 3. The van der Waals surface area contributed by atoms with Crippen LogP contribution in [0.3, 0.4) is 0 Å². The number of nitrogens with two attached hydrogens (primary N) is 1. The van der Waals surface area contributed by atoms with Crippen LogP contribution in [0, 0.1) is 13.8 Å². The van der Waals surface area contributed by atoms with Gasteiger partial charge in [0.25, 0.3) is 0 Å². The number of amides is 1. The number of benzene rings is 3. The molecule has 0 spiro atoms. The fourth-order valence-electron chi connectivity index (χ4n) is 5.25. The van der Waals surface area contributed by atoms with Crippen LogP contribution in [0.15, 0.2) is 66.2 Å². The Labute approximate surface area is 256 Å². The quantitative estimate of drug-likeness (QED) is 0.203. The first-order chi connectivity index (χ1) is 20.2. The highest BCUT2D eigenvalue weighted by Crippen LogP contribution is 2.44. The van der Waals surface area contributed by atoms with Crippen LogP contribution in [0.2, 0.25) is 10.0 Å². The molecule has 0 saturated heterocycles. The predicted octanol–water partition coefficient (Wildman–Crippen LogP) is 6.29. The summed E-state index contributed by atoms with van der Waals surface area (Å²) in [5.41, 5.74) is 10.3. The molecular formula is C33H34Cl2N2O5. The summed E-state index contributed by atoms with van der Waals surface area (Å²) in [6, 6.07) is 18.7. The zero-order valence-corrected chi connectivity index (χ0v) is 25.3. The maximum absolute atomic E-state index is 13.4. The highest BCUT2D eigenvalue weighted by Gasteiger charge is 2.54. The van der Waals surface area contributed by atoms with Crippen molar-refractivity contribution >= 4 is 40.7 Å². The number of primary amides is 1. The summed E-state index contributed by atoms with van der Waals surface area (Å²) < 4.78 is 17.4. The van der Waals surface area contributed by atoms with Crippen LogP contribution >= 0.6 is 23.2 Å². The number of hydrogen-bond acceptors (Lipinski definition) is 6. The summed E-state index contributed by atoms with van der Waals surface area (Å²) in [6.45, 7) is 5.67. The molecule has 220 valence electrons. The number of hydrogen-bond donors (Lipinski definition) is 1. The Kier molecular flexibility index (Phi) is 9.11. The third-order valence-electron chi connectivity index (χ3n) is 8.06. The summed E-state index contributed by atoms with van der Waals surface area (Å²) in [7, 11) is 0. The van der Waals surface area contributed by atoms with Gasteiger partial charge in [-0.15, -0.1) is 0 Å². The molecule has 1 fully saturated rings. The summed E-state index contributed by atoms with van der Waals surface area (Å²) in [6.07, 6.45) is 1.98. The van der Waals surface area contributed by atoms with Crippen LogP contribution < -0.4 is 15.2 Å². The molecule has 9 heteroatoms. The minimum Gasteiger partial charge on any atom is -0.490 e. The van der Waals surface area contributed by atoms with E-state index in [2.05, 4.69) is 0 Å². The van der Waals surface area contributed by atoms with Gasteiger partial charge in [-0.3, -0.25) is 9.69 Å². The molecule has 1 aliphatic carbocycles. The van der Waals surface area contributed by atoms with Crippen LogP contribution in [0.4, 0.5) is 0 Å². The average Bonchev–Trinajstić information content (AvgIpc) is 3.80. The van der Waals surface area contributed by atoms with Crippen molar-refractivity contribution in [3.63, 3.8) is 0 Å². The van der Waals surface area contributed by atoms with Crippen molar-refractivity contribution in [2.45, 2.75) is 45.3 Å². The molecule has 2 N–H and O–H groups in total. The van der Waals surface area contributed by atoms with E-state index in [9.17, 15) is 9.59 Å². The van der Waals surface area contributed by atoms with Gasteiger partial charge in [0.05, 0.1) is 10.6 Å². The van der Waals surface area contributed by atoms with Crippen molar-refractivity contribution in [2.24, 2.45) is 5.73 Å². The highest BCUT2D eigenvalue weighted by atomic mass is 35.5. The molecular weight excluding hydrogens is 575 g/mol. The van der Waals surface area contributed by atoms with Gasteiger partial charge in [0.1, 0.15) is 36.9 Å². The van der Waals surface area contributed by atoms with Gasteiger partial charge in [-0.05, 0) is 85.7 Å². The smallest absolute Gasteiger partial charge is 0.335 e. The average molecular weight is 610 g/mol. The van der Waals surface area contributed by atoms with Gasteiger partial charge in [-0.1, -0.05) is 53.5 Å². The van der Waals surface area contributed by atoms with Gasteiger partial charge in [0, 0.05) is 23.7 Å². The molecule has 3 aromatic rings. The number of esters is 1. The van der Waals surface area contributed by atoms with Crippen LogP contribution in [0.25, 0.3) is 5.57 Å². The van der Waals surface area contributed by atoms with E-state index in [0.717, 1.165) is 27.8 Å². The lowest BCUT2D eigenvalue weighted by Gasteiger charge is -2.35.